The Balaban J connectivity index is 2.38. The van der Waals surface area contributed by atoms with E-state index in [0.717, 1.165) is 51.4 Å². The summed E-state index contributed by atoms with van der Waals surface area (Å²) < 4.78 is 11.2. The number of hydrogen-bond acceptors (Lipinski definition) is 8. The first-order valence-corrected chi connectivity index (χ1v) is 21.4. The van der Waals surface area contributed by atoms with Gasteiger partial charge in [0.2, 0.25) is 5.91 Å². The molecule has 1 aliphatic heterocycles. The smallest absolute Gasteiger partial charge is 0.220 e. The fourth-order valence-electron chi connectivity index (χ4n) is 6.86. The van der Waals surface area contributed by atoms with Gasteiger partial charge in [-0.2, -0.15) is 0 Å². The molecule has 1 amide bonds. The molecular formula is C42H81NO8. The van der Waals surface area contributed by atoms with E-state index < -0.39 is 49.5 Å². The SMILES string of the molecule is CCCCCCC/C=C\CCCCCCCC(=O)NC(COC1OC(CO)C(O)C(O)C1O)C(O)CCCCCCCCCCCCCCCC. The molecule has 9 heteroatoms. The van der Waals surface area contributed by atoms with Crippen molar-refractivity contribution in [2.75, 3.05) is 13.2 Å². The zero-order valence-electron chi connectivity index (χ0n) is 32.9. The largest absolute Gasteiger partial charge is 0.394 e. The van der Waals surface area contributed by atoms with Gasteiger partial charge >= 0.3 is 0 Å². The lowest BCUT2D eigenvalue weighted by atomic mass is 9.99. The van der Waals surface area contributed by atoms with Crippen LogP contribution in [0.5, 0.6) is 0 Å². The van der Waals surface area contributed by atoms with E-state index in [0.29, 0.717) is 12.8 Å². The van der Waals surface area contributed by atoms with Crippen LogP contribution in [0, 0.1) is 0 Å². The Morgan fingerprint density at radius 1 is 0.647 bits per heavy atom. The molecule has 0 aliphatic carbocycles. The summed E-state index contributed by atoms with van der Waals surface area (Å²) in [5.41, 5.74) is 0. The van der Waals surface area contributed by atoms with Gasteiger partial charge < -0.3 is 40.3 Å². The second kappa shape index (κ2) is 33.5. The number of aliphatic hydroxyl groups excluding tert-OH is 5. The van der Waals surface area contributed by atoms with Crippen LogP contribution in [0.3, 0.4) is 0 Å². The molecule has 7 unspecified atom stereocenters. The molecule has 1 fully saturated rings. The monoisotopic (exact) mass is 728 g/mol. The quantitative estimate of drug-likeness (QED) is 0.0283. The average molecular weight is 728 g/mol. The third-order valence-electron chi connectivity index (χ3n) is 10.4. The van der Waals surface area contributed by atoms with E-state index in [4.69, 9.17) is 9.47 Å². The molecule has 1 heterocycles. The van der Waals surface area contributed by atoms with E-state index >= 15 is 0 Å². The Hall–Kier alpha value is -1.07. The molecule has 302 valence electrons. The predicted octanol–water partition coefficient (Wildman–Crippen LogP) is 8.17. The highest BCUT2D eigenvalue weighted by atomic mass is 16.7. The molecule has 51 heavy (non-hydrogen) atoms. The third kappa shape index (κ3) is 24.8. The minimum atomic E-state index is -1.55. The third-order valence-corrected chi connectivity index (χ3v) is 10.4. The van der Waals surface area contributed by atoms with Crippen LogP contribution in [0.4, 0.5) is 0 Å². The number of carbonyl (C=O) groups excluding carboxylic acids is 1. The summed E-state index contributed by atoms with van der Waals surface area (Å²) in [4.78, 5) is 12.9. The number of carbonyl (C=O) groups is 1. The zero-order valence-corrected chi connectivity index (χ0v) is 32.9. The normalized spacial score (nSPS) is 22.1. The van der Waals surface area contributed by atoms with Gasteiger partial charge in [0.15, 0.2) is 6.29 Å². The fourth-order valence-corrected chi connectivity index (χ4v) is 6.86. The van der Waals surface area contributed by atoms with Crippen LogP contribution in [0.15, 0.2) is 12.2 Å². The summed E-state index contributed by atoms with van der Waals surface area (Å²) in [6.45, 7) is 3.81. The molecular weight excluding hydrogens is 646 g/mol. The van der Waals surface area contributed by atoms with Crippen LogP contribution in [-0.2, 0) is 14.3 Å². The van der Waals surface area contributed by atoms with Crippen molar-refractivity contribution in [1.82, 2.24) is 5.32 Å². The molecule has 0 saturated carbocycles. The van der Waals surface area contributed by atoms with E-state index in [1.54, 1.807) is 0 Å². The van der Waals surface area contributed by atoms with E-state index in [9.17, 15) is 30.3 Å². The minimum Gasteiger partial charge on any atom is -0.394 e. The Morgan fingerprint density at radius 2 is 1.10 bits per heavy atom. The van der Waals surface area contributed by atoms with Crippen molar-refractivity contribution in [2.45, 2.75) is 236 Å². The van der Waals surface area contributed by atoms with Crippen molar-refractivity contribution >= 4 is 5.91 Å². The molecule has 6 N–H and O–H groups in total. The van der Waals surface area contributed by atoms with E-state index in [-0.39, 0.29) is 12.5 Å². The van der Waals surface area contributed by atoms with E-state index in [1.165, 1.54) is 116 Å². The van der Waals surface area contributed by atoms with Gasteiger partial charge in [-0.3, -0.25) is 4.79 Å². The number of hydrogen-bond donors (Lipinski definition) is 6. The summed E-state index contributed by atoms with van der Waals surface area (Å²) in [5, 5.41) is 54.2. The Kier molecular flexibility index (Phi) is 31.5. The van der Waals surface area contributed by atoms with Crippen molar-refractivity contribution in [2.24, 2.45) is 0 Å². The molecule has 1 aliphatic rings. The van der Waals surface area contributed by atoms with Gasteiger partial charge in [-0.1, -0.05) is 161 Å². The van der Waals surface area contributed by atoms with Gasteiger partial charge in [0, 0.05) is 6.42 Å². The van der Waals surface area contributed by atoms with Crippen molar-refractivity contribution in [3.8, 4) is 0 Å². The number of rotatable bonds is 35. The molecule has 0 bridgehead atoms. The second-order valence-electron chi connectivity index (χ2n) is 15.1. The predicted molar refractivity (Wildman–Crippen MR) is 207 cm³/mol. The molecule has 1 rings (SSSR count). The van der Waals surface area contributed by atoms with Crippen molar-refractivity contribution in [3.63, 3.8) is 0 Å². The van der Waals surface area contributed by atoms with E-state index in [2.05, 4.69) is 31.3 Å². The molecule has 0 aromatic rings. The lowest BCUT2D eigenvalue weighted by molar-refractivity contribution is -0.302. The van der Waals surface area contributed by atoms with Crippen LogP contribution in [0.25, 0.3) is 0 Å². The fraction of sp³-hybridized carbons (Fsp3) is 0.929. The highest BCUT2D eigenvalue weighted by Gasteiger charge is 2.44. The van der Waals surface area contributed by atoms with Gasteiger partial charge in [-0.05, 0) is 38.5 Å². The van der Waals surface area contributed by atoms with Crippen molar-refractivity contribution in [1.29, 1.82) is 0 Å². The zero-order chi connectivity index (χ0) is 37.4. The number of amides is 1. The highest BCUT2D eigenvalue weighted by molar-refractivity contribution is 5.76. The Morgan fingerprint density at radius 3 is 1.59 bits per heavy atom. The van der Waals surface area contributed by atoms with Crippen molar-refractivity contribution < 1.29 is 39.8 Å². The summed E-state index contributed by atoms with van der Waals surface area (Å²) in [5.74, 6) is -0.153. The Bertz CT molecular complexity index is 812. The first-order valence-electron chi connectivity index (χ1n) is 21.4. The maximum Gasteiger partial charge on any atom is 0.220 e. The van der Waals surface area contributed by atoms with Crippen LogP contribution < -0.4 is 5.32 Å². The highest BCUT2D eigenvalue weighted by Crippen LogP contribution is 2.23. The van der Waals surface area contributed by atoms with Gasteiger partial charge in [-0.15, -0.1) is 0 Å². The van der Waals surface area contributed by atoms with Gasteiger partial charge in [0.25, 0.3) is 0 Å². The standard InChI is InChI=1S/C42H81NO8/c1-3-5-7-9-11-13-15-17-19-21-23-25-27-29-31-36(45)35(34-50-42-41(49)40(48)39(47)37(33-44)51-42)43-38(46)32-30-28-26-24-22-20-18-16-14-12-10-8-6-4-2/h16,18,35-37,39-42,44-45,47-49H,3-15,17,19-34H2,1-2H3,(H,43,46)/b18-16-. The first kappa shape index (κ1) is 48.0. The maximum absolute atomic E-state index is 12.9. The van der Waals surface area contributed by atoms with Gasteiger partial charge in [0.05, 0.1) is 25.4 Å². The van der Waals surface area contributed by atoms with E-state index in [1.807, 2.05) is 0 Å². The molecule has 0 spiro atoms. The molecule has 0 aromatic carbocycles. The topological polar surface area (TPSA) is 149 Å². The van der Waals surface area contributed by atoms with Crippen LogP contribution in [0.2, 0.25) is 0 Å². The Labute approximate surface area is 312 Å². The number of ether oxygens (including phenoxy) is 2. The molecule has 1 saturated heterocycles. The minimum absolute atomic E-state index is 0.138. The molecule has 0 radical (unpaired) electrons. The lowest BCUT2D eigenvalue weighted by Crippen LogP contribution is -2.60. The lowest BCUT2D eigenvalue weighted by Gasteiger charge is -2.40. The van der Waals surface area contributed by atoms with Gasteiger partial charge in [-0.25, -0.2) is 0 Å². The number of nitrogens with one attached hydrogen (secondary N) is 1. The second-order valence-corrected chi connectivity index (χ2v) is 15.1. The van der Waals surface area contributed by atoms with Gasteiger partial charge in [0.1, 0.15) is 24.4 Å². The summed E-state index contributed by atoms with van der Waals surface area (Å²) >= 11 is 0. The first-order chi connectivity index (χ1) is 24.8. The average Bonchev–Trinajstić information content (AvgIpc) is 3.13. The van der Waals surface area contributed by atoms with Crippen LogP contribution in [-0.4, -0.2) is 87.5 Å². The molecule has 7 atom stereocenters. The number of unbranched alkanes of at least 4 members (excludes halogenated alkanes) is 23. The maximum atomic E-state index is 12.9. The van der Waals surface area contributed by atoms with Crippen LogP contribution >= 0.6 is 0 Å². The molecule has 9 nitrogen and oxygen atoms in total. The molecule has 0 aromatic heterocycles. The van der Waals surface area contributed by atoms with Crippen LogP contribution in [0.1, 0.15) is 194 Å². The number of aliphatic hydroxyl groups is 5. The summed E-state index contributed by atoms with van der Waals surface area (Å²) in [7, 11) is 0. The van der Waals surface area contributed by atoms with Crippen molar-refractivity contribution in [3.05, 3.63) is 12.2 Å². The summed E-state index contributed by atoms with van der Waals surface area (Å²) in [6, 6.07) is -0.717. The number of allylic oxidation sites excluding steroid dienone is 2. The summed E-state index contributed by atoms with van der Waals surface area (Å²) in [6.07, 6.45) is 29.2.